The van der Waals surface area contributed by atoms with Gasteiger partial charge in [0.05, 0.1) is 6.61 Å². The second-order valence-corrected chi connectivity index (χ2v) is 5.94. The number of rotatable bonds is 7. The van der Waals surface area contributed by atoms with Crippen molar-refractivity contribution in [2.45, 2.75) is 26.7 Å². The molecule has 0 saturated heterocycles. The van der Waals surface area contributed by atoms with Gasteiger partial charge in [-0.1, -0.05) is 50.2 Å². The van der Waals surface area contributed by atoms with E-state index < -0.39 is 11.9 Å². The van der Waals surface area contributed by atoms with Gasteiger partial charge in [0.1, 0.15) is 5.75 Å². The summed E-state index contributed by atoms with van der Waals surface area (Å²) in [6, 6.07) is 13.1. The van der Waals surface area contributed by atoms with Crippen LogP contribution >= 0.6 is 0 Å². The van der Waals surface area contributed by atoms with Gasteiger partial charge in [-0.3, -0.25) is 0 Å². The Morgan fingerprint density at radius 2 is 1.71 bits per heavy atom. The van der Waals surface area contributed by atoms with Crippen molar-refractivity contribution in [1.82, 2.24) is 0 Å². The lowest BCUT2D eigenvalue weighted by Crippen LogP contribution is -2.07. The van der Waals surface area contributed by atoms with Crippen LogP contribution in [0.15, 0.2) is 54.6 Å². The van der Waals surface area contributed by atoms with Crippen LogP contribution < -0.4 is 4.74 Å². The Morgan fingerprint density at radius 3 is 2.50 bits per heavy atom. The van der Waals surface area contributed by atoms with E-state index in [4.69, 9.17) is 9.47 Å². The van der Waals surface area contributed by atoms with Gasteiger partial charge in [0.2, 0.25) is 0 Å². The maximum atomic E-state index is 11.9. The first kappa shape index (κ1) is 17.7. The molecule has 0 amide bonds. The number of hydrogen-bond acceptors (Lipinski definition) is 4. The fraction of sp³-hybridized carbons (Fsp3) is 0.300. The highest BCUT2D eigenvalue weighted by Gasteiger charge is 2.06. The third kappa shape index (κ3) is 5.54. The molecule has 0 atom stereocenters. The predicted octanol–water partition coefficient (Wildman–Crippen LogP) is 4.28. The van der Waals surface area contributed by atoms with Gasteiger partial charge in [-0.2, -0.15) is 0 Å². The molecular weight excluding hydrogens is 304 g/mol. The predicted molar refractivity (Wildman–Crippen MR) is 93.8 cm³/mol. The normalized spacial score (nSPS) is 11.1. The number of carbonyl (C=O) groups excluding carboxylic acids is 2. The van der Waals surface area contributed by atoms with Crippen LogP contribution in [0, 0.1) is 5.92 Å². The molecule has 4 heteroatoms. The Kier molecular flexibility index (Phi) is 6.55. The maximum absolute atomic E-state index is 11.9. The average molecular weight is 326 g/mol. The second-order valence-electron chi connectivity index (χ2n) is 5.94. The number of esters is 2. The number of carbonyl (C=O) groups is 2. The summed E-state index contributed by atoms with van der Waals surface area (Å²) in [4.78, 5) is 23.4. The number of ether oxygens (including phenoxy) is 2. The van der Waals surface area contributed by atoms with Crippen molar-refractivity contribution >= 4 is 22.7 Å². The molecule has 126 valence electrons. The monoisotopic (exact) mass is 326 g/mol. The third-order valence-corrected chi connectivity index (χ3v) is 3.49. The average Bonchev–Trinajstić information content (AvgIpc) is 2.57. The fourth-order valence-corrected chi connectivity index (χ4v) is 2.28. The fourth-order valence-electron chi connectivity index (χ4n) is 2.28. The summed E-state index contributed by atoms with van der Waals surface area (Å²) in [6.07, 6.45) is 4.01. The molecule has 0 saturated carbocycles. The van der Waals surface area contributed by atoms with Crippen LogP contribution in [0.25, 0.3) is 10.8 Å². The molecule has 0 aromatic heterocycles. The van der Waals surface area contributed by atoms with Crippen molar-refractivity contribution in [3.05, 3.63) is 54.6 Å². The smallest absolute Gasteiger partial charge is 0.336 e. The minimum Gasteiger partial charge on any atom is -0.463 e. The van der Waals surface area contributed by atoms with E-state index in [9.17, 15) is 9.59 Å². The van der Waals surface area contributed by atoms with E-state index in [0.717, 1.165) is 35.8 Å². The molecule has 0 radical (unpaired) electrons. The Balaban J connectivity index is 1.87. The molecule has 0 aliphatic carbocycles. The molecule has 0 heterocycles. The molecule has 0 bridgehead atoms. The molecule has 0 aliphatic heterocycles. The van der Waals surface area contributed by atoms with Crippen molar-refractivity contribution in [2.24, 2.45) is 5.92 Å². The molecule has 2 rings (SSSR count). The van der Waals surface area contributed by atoms with Crippen LogP contribution in [-0.2, 0) is 14.3 Å². The van der Waals surface area contributed by atoms with E-state index in [1.165, 1.54) is 0 Å². The molecule has 0 fully saturated rings. The van der Waals surface area contributed by atoms with Gasteiger partial charge in [0.15, 0.2) is 0 Å². The molecule has 0 N–H and O–H groups in total. The van der Waals surface area contributed by atoms with Gasteiger partial charge in [-0.05, 0) is 30.2 Å². The summed E-state index contributed by atoms with van der Waals surface area (Å²) in [7, 11) is 0. The first-order valence-corrected chi connectivity index (χ1v) is 8.10. The Morgan fingerprint density at radius 1 is 1.00 bits per heavy atom. The van der Waals surface area contributed by atoms with E-state index in [1.54, 1.807) is 6.07 Å². The van der Waals surface area contributed by atoms with Crippen molar-refractivity contribution in [3.63, 3.8) is 0 Å². The van der Waals surface area contributed by atoms with Crippen LogP contribution in [-0.4, -0.2) is 18.5 Å². The lowest BCUT2D eigenvalue weighted by molar-refractivity contribution is -0.138. The summed E-state index contributed by atoms with van der Waals surface area (Å²) in [6.45, 7) is 4.59. The second kappa shape index (κ2) is 8.87. The molecule has 0 unspecified atom stereocenters. The summed E-state index contributed by atoms with van der Waals surface area (Å²) in [5.41, 5.74) is 0. The van der Waals surface area contributed by atoms with Gasteiger partial charge in [0.25, 0.3) is 0 Å². The Hall–Kier alpha value is -2.62. The quantitative estimate of drug-likeness (QED) is 0.330. The molecule has 0 aliphatic rings. The number of hydrogen-bond donors (Lipinski definition) is 0. The van der Waals surface area contributed by atoms with Crippen LogP contribution in [0.3, 0.4) is 0 Å². The lowest BCUT2D eigenvalue weighted by Gasteiger charge is -2.06. The van der Waals surface area contributed by atoms with Gasteiger partial charge in [-0.15, -0.1) is 0 Å². The van der Waals surface area contributed by atoms with Crippen molar-refractivity contribution in [3.8, 4) is 5.75 Å². The largest absolute Gasteiger partial charge is 0.463 e. The topological polar surface area (TPSA) is 52.6 Å². The van der Waals surface area contributed by atoms with E-state index in [0.29, 0.717) is 18.3 Å². The minimum absolute atomic E-state index is 0.361. The molecule has 2 aromatic rings. The van der Waals surface area contributed by atoms with E-state index in [2.05, 4.69) is 13.8 Å². The first-order chi connectivity index (χ1) is 11.6. The zero-order valence-electron chi connectivity index (χ0n) is 14.0. The van der Waals surface area contributed by atoms with Crippen molar-refractivity contribution < 1.29 is 19.1 Å². The molecule has 0 spiro atoms. The highest BCUT2D eigenvalue weighted by Crippen LogP contribution is 2.25. The molecule has 2 aromatic carbocycles. The summed E-state index contributed by atoms with van der Waals surface area (Å²) in [5.74, 6) is -0.0953. The Bertz CT molecular complexity index is 726. The van der Waals surface area contributed by atoms with Gasteiger partial charge < -0.3 is 9.47 Å². The minimum atomic E-state index is -0.606. The third-order valence-electron chi connectivity index (χ3n) is 3.49. The number of fused-ring (bicyclic) bond motifs is 1. The van der Waals surface area contributed by atoms with E-state index in [1.807, 2.05) is 36.4 Å². The van der Waals surface area contributed by atoms with Crippen molar-refractivity contribution in [2.75, 3.05) is 6.61 Å². The zero-order chi connectivity index (χ0) is 17.4. The molecular formula is C20H22O4. The van der Waals surface area contributed by atoms with Gasteiger partial charge in [0, 0.05) is 17.5 Å². The van der Waals surface area contributed by atoms with Gasteiger partial charge in [-0.25, -0.2) is 9.59 Å². The first-order valence-electron chi connectivity index (χ1n) is 8.10. The van der Waals surface area contributed by atoms with Crippen LogP contribution in [0.5, 0.6) is 5.75 Å². The Labute approximate surface area is 142 Å². The summed E-state index contributed by atoms with van der Waals surface area (Å²) < 4.78 is 10.3. The van der Waals surface area contributed by atoms with E-state index in [-0.39, 0.29) is 0 Å². The van der Waals surface area contributed by atoms with Crippen LogP contribution in [0.4, 0.5) is 0 Å². The van der Waals surface area contributed by atoms with Crippen LogP contribution in [0.2, 0.25) is 0 Å². The van der Waals surface area contributed by atoms with E-state index >= 15 is 0 Å². The zero-order valence-corrected chi connectivity index (χ0v) is 14.0. The highest BCUT2D eigenvalue weighted by molar-refractivity contribution is 5.95. The summed E-state index contributed by atoms with van der Waals surface area (Å²) in [5, 5.41) is 1.83. The number of benzene rings is 2. The SMILES string of the molecule is CC(C)CCCOC(=O)/C=C/C(=O)Oc1cccc2ccccc12. The molecule has 24 heavy (non-hydrogen) atoms. The van der Waals surface area contributed by atoms with Crippen LogP contribution in [0.1, 0.15) is 26.7 Å². The standard InChI is InChI=1S/C20H22O4/c1-15(2)7-6-14-23-19(21)12-13-20(22)24-18-11-5-9-16-8-3-4-10-17(16)18/h3-5,8-13,15H,6-7,14H2,1-2H3/b13-12+. The van der Waals surface area contributed by atoms with Gasteiger partial charge >= 0.3 is 11.9 Å². The highest BCUT2D eigenvalue weighted by atomic mass is 16.5. The van der Waals surface area contributed by atoms with Crippen molar-refractivity contribution in [1.29, 1.82) is 0 Å². The maximum Gasteiger partial charge on any atom is 0.336 e. The molecule has 4 nitrogen and oxygen atoms in total. The lowest BCUT2D eigenvalue weighted by atomic mass is 10.1. The summed E-state index contributed by atoms with van der Waals surface area (Å²) >= 11 is 0.